The van der Waals surface area contributed by atoms with E-state index in [0.717, 1.165) is 12.3 Å². The maximum Gasteiger partial charge on any atom is 0.122 e. The van der Waals surface area contributed by atoms with Gasteiger partial charge in [-0.3, -0.25) is 5.32 Å². The number of benzene rings is 1. The van der Waals surface area contributed by atoms with E-state index >= 15 is 0 Å². The summed E-state index contributed by atoms with van der Waals surface area (Å²) in [6.45, 7) is 5.13. The second-order valence-corrected chi connectivity index (χ2v) is 4.06. The Morgan fingerprint density at radius 1 is 1.40 bits per heavy atom. The Morgan fingerprint density at radius 2 is 2.13 bits per heavy atom. The van der Waals surface area contributed by atoms with Crippen LogP contribution in [0, 0.1) is 0 Å². The zero-order chi connectivity index (χ0) is 11.3. The Kier molecular flexibility index (Phi) is 4.92. The Labute approximate surface area is 96.6 Å². The van der Waals surface area contributed by atoms with E-state index in [1.165, 1.54) is 11.1 Å². The molecule has 1 N–H and O–H groups in total. The lowest BCUT2D eigenvalue weighted by Crippen LogP contribution is -2.10. The van der Waals surface area contributed by atoms with Gasteiger partial charge in [-0.1, -0.05) is 26.0 Å². The van der Waals surface area contributed by atoms with Crippen molar-refractivity contribution >= 4 is 11.6 Å². The molecule has 1 aromatic rings. The highest BCUT2D eigenvalue weighted by atomic mass is 35.5. The van der Waals surface area contributed by atoms with Crippen molar-refractivity contribution < 1.29 is 4.74 Å². The summed E-state index contributed by atoms with van der Waals surface area (Å²) in [6, 6.07) is 6.72. The topological polar surface area (TPSA) is 21.3 Å². The molecular formula is C12H18ClNO. The molecule has 0 spiro atoms. The van der Waals surface area contributed by atoms with Gasteiger partial charge >= 0.3 is 0 Å². The number of hydrogen-bond donors (Lipinski definition) is 1. The molecule has 0 saturated heterocycles. The summed E-state index contributed by atoms with van der Waals surface area (Å²) >= 11 is 5.58. The number of nitrogens with one attached hydrogen (secondary N) is 1. The second-order valence-electron chi connectivity index (χ2n) is 3.79. The van der Waals surface area contributed by atoms with Crippen molar-refractivity contribution in [2.45, 2.75) is 26.3 Å². The summed E-state index contributed by atoms with van der Waals surface area (Å²) < 4.78 is 5.32. The van der Waals surface area contributed by atoms with Crippen LogP contribution in [0.2, 0.25) is 0 Å². The van der Waals surface area contributed by atoms with E-state index in [-0.39, 0.29) is 0 Å². The number of methoxy groups -OCH3 is 1. The summed E-state index contributed by atoms with van der Waals surface area (Å²) in [5.41, 5.74) is 2.48. The smallest absolute Gasteiger partial charge is 0.122 e. The molecular weight excluding hydrogens is 210 g/mol. The SMILES string of the molecule is COc1ccc(CNCCl)cc1C(C)C. The Bertz CT molecular complexity index is 312. The van der Waals surface area contributed by atoms with E-state index in [9.17, 15) is 0 Å². The summed E-state index contributed by atoms with van der Waals surface area (Å²) in [6.07, 6.45) is 0. The van der Waals surface area contributed by atoms with Gasteiger partial charge in [0.25, 0.3) is 0 Å². The van der Waals surface area contributed by atoms with E-state index < -0.39 is 0 Å². The van der Waals surface area contributed by atoms with Crippen LogP contribution in [0.4, 0.5) is 0 Å². The fourth-order valence-corrected chi connectivity index (χ4v) is 1.63. The molecule has 0 unspecified atom stereocenters. The zero-order valence-electron chi connectivity index (χ0n) is 9.51. The molecule has 0 aromatic heterocycles. The second kappa shape index (κ2) is 5.99. The zero-order valence-corrected chi connectivity index (χ0v) is 10.3. The van der Waals surface area contributed by atoms with Crippen LogP contribution in [0.15, 0.2) is 18.2 Å². The minimum absolute atomic E-state index is 0.468. The first-order valence-corrected chi connectivity index (χ1v) is 5.66. The molecule has 3 heteroatoms. The molecule has 15 heavy (non-hydrogen) atoms. The highest BCUT2D eigenvalue weighted by Gasteiger charge is 2.07. The Morgan fingerprint density at radius 3 is 2.67 bits per heavy atom. The third kappa shape index (κ3) is 3.40. The first-order valence-electron chi connectivity index (χ1n) is 5.12. The summed E-state index contributed by atoms with van der Waals surface area (Å²) in [4.78, 5) is 0. The lowest BCUT2D eigenvalue weighted by Gasteiger charge is -2.13. The Hall–Kier alpha value is -0.730. The van der Waals surface area contributed by atoms with E-state index in [4.69, 9.17) is 16.3 Å². The summed E-state index contributed by atoms with van der Waals surface area (Å²) in [7, 11) is 1.71. The standard InChI is InChI=1S/C12H18ClNO/c1-9(2)11-6-10(7-14-8-13)4-5-12(11)15-3/h4-6,9,14H,7-8H2,1-3H3. The number of hydrogen-bond acceptors (Lipinski definition) is 2. The minimum atomic E-state index is 0.468. The highest BCUT2D eigenvalue weighted by molar-refractivity contribution is 6.17. The molecule has 0 fully saturated rings. The molecule has 0 aliphatic carbocycles. The van der Waals surface area contributed by atoms with Crippen molar-refractivity contribution in [1.82, 2.24) is 5.32 Å². The van der Waals surface area contributed by atoms with E-state index in [2.05, 4.69) is 31.3 Å². The molecule has 0 saturated carbocycles. The third-order valence-corrected chi connectivity index (χ3v) is 2.53. The fourth-order valence-electron chi connectivity index (χ4n) is 1.54. The molecule has 1 aromatic carbocycles. The molecule has 0 heterocycles. The van der Waals surface area contributed by atoms with Gasteiger partial charge in [-0.15, -0.1) is 11.6 Å². The van der Waals surface area contributed by atoms with Gasteiger partial charge < -0.3 is 4.74 Å². The number of rotatable bonds is 5. The van der Waals surface area contributed by atoms with Gasteiger partial charge in [-0.25, -0.2) is 0 Å². The summed E-state index contributed by atoms with van der Waals surface area (Å²) in [5.74, 6) is 1.43. The van der Waals surface area contributed by atoms with Gasteiger partial charge in [0.05, 0.1) is 13.1 Å². The fraction of sp³-hybridized carbons (Fsp3) is 0.500. The molecule has 0 amide bonds. The van der Waals surface area contributed by atoms with Crippen LogP contribution < -0.4 is 10.1 Å². The van der Waals surface area contributed by atoms with Crippen LogP contribution in [-0.2, 0) is 6.54 Å². The van der Waals surface area contributed by atoms with E-state index in [1.807, 2.05) is 6.07 Å². The van der Waals surface area contributed by atoms with Crippen molar-refractivity contribution in [1.29, 1.82) is 0 Å². The molecule has 1 rings (SSSR count). The molecule has 0 bridgehead atoms. The van der Waals surface area contributed by atoms with E-state index in [1.54, 1.807) is 7.11 Å². The lowest BCUT2D eigenvalue weighted by molar-refractivity contribution is 0.407. The van der Waals surface area contributed by atoms with E-state index in [0.29, 0.717) is 11.9 Å². The Balaban J connectivity index is 2.89. The maximum absolute atomic E-state index is 5.58. The molecule has 0 atom stereocenters. The molecule has 0 radical (unpaired) electrons. The van der Waals surface area contributed by atoms with Crippen LogP contribution in [0.3, 0.4) is 0 Å². The predicted octanol–water partition coefficient (Wildman–Crippen LogP) is 3.10. The van der Waals surface area contributed by atoms with Crippen molar-refractivity contribution in [3.05, 3.63) is 29.3 Å². The first kappa shape index (κ1) is 12.3. The van der Waals surface area contributed by atoms with Crippen LogP contribution in [0.25, 0.3) is 0 Å². The van der Waals surface area contributed by atoms with Crippen molar-refractivity contribution in [2.75, 3.05) is 13.1 Å². The molecule has 0 aliphatic heterocycles. The average molecular weight is 228 g/mol. The van der Waals surface area contributed by atoms with Gasteiger partial charge in [-0.2, -0.15) is 0 Å². The minimum Gasteiger partial charge on any atom is -0.496 e. The van der Waals surface area contributed by atoms with Crippen LogP contribution >= 0.6 is 11.6 Å². The molecule has 0 aliphatic rings. The first-order chi connectivity index (χ1) is 7.19. The average Bonchev–Trinajstić information content (AvgIpc) is 2.25. The van der Waals surface area contributed by atoms with Crippen LogP contribution in [0.1, 0.15) is 30.9 Å². The van der Waals surface area contributed by atoms with Gasteiger partial charge in [0.2, 0.25) is 0 Å². The van der Waals surface area contributed by atoms with Gasteiger partial charge in [-0.05, 0) is 23.1 Å². The normalized spacial score (nSPS) is 10.7. The maximum atomic E-state index is 5.58. The number of halogens is 1. The van der Waals surface area contributed by atoms with Crippen molar-refractivity contribution in [2.24, 2.45) is 0 Å². The van der Waals surface area contributed by atoms with Gasteiger partial charge in [0.15, 0.2) is 0 Å². The lowest BCUT2D eigenvalue weighted by atomic mass is 9.99. The van der Waals surface area contributed by atoms with Gasteiger partial charge in [0.1, 0.15) is 5.75 Å². The third-order valence-electron chi connectivity index (χ3n) is 2.34. The molecule has 2 nitrogen and oxygen atoms in total. The quantitative estimate of drug-likeness (QED) is 0.617. The predicted molar refractivity (Wildman–Crippen MR) is 64.6 cm³/mol. The van der Waals surface area contributed by atoms with Crippen molar-refractivity contribution in [3.63, 3.8) is 0 Å². The largest absolute Gasteiger partial charge is 0.496 e. The molecule has 84 valence electrons. The van der Waals surface area contributed by atoms with Crippen molar-refractivity contribution in [3.8, 4) is 5.75 Å². The highest BCUT2D eigenvalue weighted by Crippen LogP contribution is 2.27. The number of ether oxygens (including phenoxy) is 1. The van der Waals surface area contributed by atoms with Gasteiger partial charge in [0, 0.05) is 6.54 Å². The number of alkyl halides is 1. The van der Waals surface area contributed by atoms with Crippen LogP contribution in [0.5, 0.6) is 5.75 Å². The monoisotopic (exact) mass is 227 g/mol. The van der Waals surface area contributed by atoms with Crippen LogP contribution in [-0.4, -0.2) is 13.1 Å². The summed E-state index contributed by atoms with van der Waals surface area (Å²) in [5, 5.41) is 3.09.